The van der Waals surface area contributed by atoms with Gasteiger partial charge < -0.3 is 5.32 Å². The minimum atomic E-state index is 0.00283. The fourth-order valence-corrected chi connectivity index (χ4v) is 5.22. The van der Waals surface area contributed by atoms with Crippen molar-refractivity contribution >= 4 is 34.8 Å². The van der Waals surface area contributed by atoms with Crippen LogP contribution in [0.15, 0.2) is 109 Å². The molecule has 2 heteroatoms. The molecule has 0 aromatic heterocycles. The van der Waals surface area contributed by atoms with Crippen molar-refractivity contribution in [3.8, 4) is 22.3 Å². The van der Waals surface area contributed by atoms with Crippen LogP contribution in [0.1, 0.15) is 25.0 Å². The molecule has 5 aromatic carbocycles. The summed E-state index contributed by atoms with van der Waals surface area (Å²) in [6.45, 7) is 4.65. The molecular weight excluding hydrogens is 430 g/mol. The quantitative estimate of drug-likeness (QED) is 0.256. The first-order chi connectivity index (χ1) is 16.6. The van der Waals surface area contributed by atoms with Crippen molar-refractivity contribution in [2.45, 2.75) is 19.3 Å². The molecular formula is C32H29NS. The minimum Gasteiger partial charge on any atom is -0.355 e. The van der Waals surface area contributed by atoms with Gasteiger partial charge in [-0.2, -0.15) is 12.6 Å². The molecule has 0 spiro atoms. The predicted octanol–water partition coefficient (Wildman–Crippen LogP) is 9.10. The number of fused-ring (bicyclic) bond motifs is 4. The number of thiol groups is 1. The molecule has 1 nitrogen and oxygen atoms in total. The summed E-state index contributed by atoms with van der Waals surface area (Å²) < 4.78 is 0. The second-order valence-corrected chi connectivity index (χ2v) is 9.13. The number of anilines is 2. The molecule has 0 atom stereocenters. The van der Waals surface area contributed by atoms with E-state index in [0.29, 0.717) is 0 Å². The molecule has 0 radical (unpaired) electrons. The summed E-state index contributed by atoms with van der Waals surface area (Å²) in [7, 11) is 0. The van der Waals surface area contributed by atoms with Crippen LogP contribution in [0.25, 0.3) is 33.0 Å². The smallest absolute Gasteiger partial charge is 0.0464 e. The Kier molecular flexibility index (Phi) is 5.93. The Balaban J connectivity index is 0.00000117. The fourth-order valence-electron chi connectivity index (χ4n) is 5.22. The maximum absolute atomic E-state index is 3.72. The van der Waals surface area contributed by atoms with E-state index in [9.17, 15) is 0 Å². The van der Waals surface area contributed by atoms with Gasteiger partial charge in [0.1, 0.15) is 0 Å². The first-order valence-electron chi connectivity index (χ1n) is 11.7. The standard InChI is InChI=1S/C31H25N.CH4S/c1-31(2)28-15-9-8-13-25(28)26-17-16-22(20-29(26)31)32-30-19-18-23(21-10-4-3-5-11-21)24-12-6-7-14-27(24)30;1-2/h3-20,32H,1-2H3;2H,1H3. The van der Waals surface area contributed by atoms with Crippen LogP contribution >= 0.6 is 12.6 Å². The van der Waals surface area contributed by atoms with Crippen LogP contribution in [0.3, 0.4) is 0 Å². The summed E-state index contributed by atoms with van der Waals surface area (Å²) in [5.74, 6) is 0. The maximum Gasteiger partial charge on any atom is 0.0464 e. The third kappa shape index (κ3) is 3.69. The van der Waals surface area contributed by atoms with Crippen molar-refractivity contribution in [1.82, 2.24) is 0 Å². The topological polar surface area (TPSA) is 12.0 Å². The van der Waals surface area contributed by atoms with Crippen LogP contribution in [0.5, 0.6) is 0 Å². The molecule has 0 unspecified atom stereocenters. The zero-order valence-electron chi connectivity index (χ0n) is 19.8. The Morgan fingerprint density at radius 2 is 1.18 bits per heavy atom. The van der Waals surface area contributed by atoms with Crippen LogP contribution in [0, 0.1) is 0 Å². The zero-order valence-corrected chi connectivity index (χ0v) is 20.7. The Morgan fingerprint density at radius 3 is 1.97 bits per heavy atom. The number of nitrogens with one attached hydrogen (secondary N) is 1. The largest absolute Gasteiger partial charge is 0.355 e. The molecule has 1 aliphatic carbocycles. The summed E-state index contributed by atoms with van der Waals surface area (Å²) in [5.41, 5.74) is 10.3. The lowest BCUT2D eigenvalue weighted by molar-refractivity contribution is 0.660. The Hall–Kier alpha value is -3.49. The normalized spacial score (nSPS) is 12.9. The van der Waals surface area contributed by atoms with E-state index in [4.69, 9.17) is 0 Å². The van der Waals surface area contributed by atoms with Crippen molar-refractivity contribution in [3.05, 3.63) is 120 Å². The molecule has 0 fully saturated rings. The highest BCUT2D eigenvalue weighted by molar-refractivity contribution is 7.79. The van der Waals surface area contributed by atoms with E-state index in [1.165, 1.54) is 44.2 Å². The van der Waals surface area contributed by atoms with Crippen molar-refractivity contribution in [3.63, 3.8) is 0 Å². The summed E-state index contributed by atoms with van der Waals surface area (Å²) in [6, 6.07) is 39.3. The van der Waals surface area contributed by atoms with Gasteiger partial charge in [-0.15, -0.1) is 0 Å². The van der Waals surface area contributed by atoms with Gasteiger partial charge in [-0.25, -0.2) is 0 Å². The van der Waals surface area contributed by atoms with E-state index in [1.54, 1.807) is 6.26 Å². The number of hydrogen-bond acceptors (Lipinski definition) is 2. The van der Waals surface area contributed by atoms with Gasteiger partial charge in [0.25, 0.3) is 0 Å². The molecule has 0 saturated heterocycles. The molecule has 0 saturated carbocycles. The summed E-state index contributed by atoms with van der Waals surface area (Å²) in [4.78, 5) is 0. The molecule has 0 bridgehead atoms. The molecule has 168 valence electrons. The van der Waals surface area contributed by atoms with Gasteiger partial charge >= 0.3 is 0 Å². The molecule has 0 aliphatic heterocycles. The van der Waals surface area contributed by atoms with E-state index in [1.807, 2.05) is 0 Å². The van der Waals surface area contributed by atoms with Crippen LogP contribution in [-0.4, -0.2) is 6.26 Å². The fraction of sp³-hybridized carbons (Fsp3) is 0.125. The number of benzene rings is 5. The van der Waals surface area contributed by atoms with Gasteiger partial charge in [0.05, 0.1) is 0 Å². The van der Waals surface area contributed by atoms with Gasteiger partial charge in [0, 0.05) is 22.2 Å². The zero-order chi connectivity index (χ0) is 23.7. The summed E-state index contributed by atoms with van der Waals surface area (Å²) in [6.07, 6.45) is 1.69. The third-order valence-corrected chi connectivity index (χ3v) is 6.87. The van der Waals surface area contributed by atoms with E-state index in [0.717, 1.165) is 11.4 Å². The van der Waals surface area contributed by atoms with Crippen LogP contribution in [0.4, 0.5) is 11.4 Å². The number of hydrogen-bond donors (Lipinski definition) is 2. The summed E-state index contributed by atoms with van der Waals surface area (Å²) >= 11 is 3.53. The van der Waals surface area contributed by atoms with Gasteiger partial charge in [0.2, 0.25) is 0 Å². The number of rotatable bonds is 3. The first-order valence-corrected chi connectivity index (χ1v) is 12.6. The maximum atomic E-state index is 3.72. The SMILES string of the molecule is CC1(C)c2ccccc2-c2ccc(Nc3ccc(-c4ccccc4)c4ccccc34)cc21.CS. The van der Waals surface area contributed by atoms with Gasteiger partial charge in [0.15, 0.2) is 0 Å². The predicted molar refractivity (Wildman–Crippen MR) is 152 cm³/mol. The molecule has 1 N–H and O–H groups in total. The molecule has 0 heterocycles. The van der Waals surface area contributed by atoms with Crippen molar-refractivity contribution < 1.29 is 0 Å². The highest BCUT2D eigenvalue weighted by atomic mass is 32.1. The Morgan fingerprint density at radius 1 is 0.559 bits per heavy atom. The highest BCUT2D eigenvalue weighted by Crippen LogP contribution is 2.49. The van der Waals surface area contributed by atoms with Crippen LogP contribution in [0.2, 0.25) is 0 Å². The van der Waals surface area contributed by atoms with E-state index in [2.05, 4.69) is 141 Å². The van der Waals surface area contributed by atoms with Crippen molar-refractivity contribution in [2.24, 2.45) is 0 Å². The second-order valence-electron chi connectivity index (χ2n) is 9.13. The monoisotopic (exact) mass is 459 g/mol. The van der Waals surface area contributed by atoms with Crippen LogP contribution in [-0.2, 0) is 5.41 Å². The van der Waals surface area contributed by atoms with Crippen molar-refractivity contribution in [1.29, 1.82) is 0 Å². The Bertz CT molecular complexity index is 1470. The Labute approximate surface area is 207 Å². The lowest BCUT2D eigenvalue weighted by atomic mass is 9.82. The molecule has 1 aliphatic rings. The lowest BCUT2D eigenvalue weighted by Gasteiger charge is -2.22. The van der Waals surface area contributed by atoms with E-state index < -0.39 is 0 Å². The van der Waals surface area contributed by atoms with Crippen LogP contribution < -0.4 is 5.32 Å². The third-order valence-electron chi connectivity index (χ3n) is 6.87. The molecule has 5 aromatic rings. The van der Waals surface area contributed by atoms with E-state index >= 15 is 0 Å². The van der Waals surface area contributed by atoms with E-state index in [-0.39, 0.29) is 5.41 Å². The summed E-state index contributed by atoms with van der Waals surface area (Å²) in [5, 5.41) is 6.21. The second kappa shape index (κ2) is 9.04. The minimum absolute atomic E-state index is 0.00283. The molecule has 34 heavy (non-hydrogen) atoms. The van der Waals surface area contributed by atoms with Gasteiger partial charge in [-0.05, 0) is 63.2 Å². The average molecular weight is 460 g/mol. The van der Waals surface area contributed by atoms with Crippen molar-refractivity contribution in [2.75, 3.05) is 11.6 Å². The molecule has 6 rings (SSSR count). The van der Waals surface area contributed by atoms with Gasteiger partial charge in [-0.3, -0.25) is 0 Å². The first kappa shape index (κ1) is 22.3. The van der Waals surface area contributed by atoms with Gasteiger partial charge in [-0.1, -0.05) is 105 Å². The highest BCUT2D eigenvalue weighted by Gasteiger charge is 2.35. The lowest BCUT2D eigenvalue weighted by Crippen LogP contribution is -2.15. The average Bonchev–Trinajstić information content (AvgIpc) is 3.12. The molecule has 0 amide bonds.